The fraction of sp³-hybridized carbons (Fsp3) is 0.400. The van der Waals surface area contributed by atoms with E-state index in [-0.39, 0.29) is 11.9 Å². The number of carbonyl (C=O) groups is 1. The molecule has 6 heteroatoms. The van der Waals surface area contributed by atoms with Gasteiger partial charge in [-0.2, -0.15) is 0 Å². The van der Waals surface area contributed by atoms with Crippen molar-refractivity contribution in [2.45, 2.75) is 18.9 Å². The standard InChI is InChI=1S/C20H23N3O3/c1-25-19-7-6-18(11-21-19)26-17-4-2-15(3-5-17)20(24)22-16-10-14-8-9-23(12-14)13-16/h2-7,11,14,16H,8-10,12-13H2,1H3,(H,22,24). The highest BCUT2D eigenvalue weighted by Gasteiger charge is 2.32. The Balaban J connectivity index is 1.35. The molecular formula is C20H23N3O3. The second-order valence-corrected chi connectivity index (χ2v) is 6.98. The van der Waals surface area contributed by atoms with E-state index in [1.165, 1.54) is 19.5 Å². The largest absolute Gasteiger partial charge is 0.481 e. The zero-order valence-electron chi connectivity index (χ0n) is 14.9. The molecule has 136 valence electrons. The molecule has 4 rings (SSSR count). The minimum absolute atomic E-state index is 0.0184. The smallest absolute Gasteiger partial charge is 0.251 e. The maximum absolute atomic E-state index is 12.5. The number of ether oxygens (including phenoxy) is 2. The van der Waals surface area contributed by atoms with E-state index in [0.717, 1.165) is 18.9 Å². The van der Waals surface area contributed by atoms with Crippen molar-refractivity contribution in [3.63, 3.8) is 0 Å². The van der Waals surface area contributed by atoms with Crippen LogP contribution in [0.2, 0.25) is 0 Å². The van der Waals surface area contributed by atoms with Crippen LogP contribution in [0.4, 0.5) is 0 Å². The summed E-state index contributed by atoms with van der Waals surface area (Å²) in [5, 5.41) is 3.17. The molecule has 2 saturated heterocycles. The number of hydrogen-bond acceptors (Lipinski definition) is 5. The molecule has 0 aliphatic carbocycles. The van der Waals surface area contributed by atoms with E-state index >= 15 is 0 Å². The Hall–Kier alpha value is -2.60. The van der Waals surface area contributed by atoms with Crippen molar-refractivity contribution in [3.05, 3.63) is 48.2 Å². The highest BCUT2D eigenvalue weighted by Crippen LogP contribution is 2.27. The number of pyridine rings is 1. The van der Waals surface area contributed by atoms with Gasteiger partial charge in [0, 0.05) is 30.8 Å². The minimum Gasteiger partial charge on any atom is -0.481 e. The predicted octanol–water partition coefficient (Wildman–Crippen LogP) is 2.71. The van der Waals surface area contributed by atoms with E-state index in [1.807, 2.05) is 0 Å². The molecule has 2 aliphatic heterocycles. The summed E-state index contributed by atoms with van der Waals surface area (Å²) in [6.45, 7) is 3.33. The summed E-state index contributed by atoms with van der Waals surface area (Å²) < 4.78 is 10.8. The molecule has 3 unspecified atom stereocenters. The molecule has 2 aliphatic rings. The normalized spacial score (nSPS) is 24.1. The van der Waals surface area contributed by atoms with Gasteiger partial charge in [0.2, 0.25) is 5.88 Å². The van der Waals surface area contributed by atoms with Gasteiger partial charge in [0.1, 0.15) is 11.5 Å². The number of piperidine rings is 1. The molecule has 2 bridgehead atoms. The first-order valence-electron chi connectivity index (χ1n) is 9.01. The lowest BCUT2D eigenvalue weighted by Gasteiger charge is -2.30. The van der Waals surface area contributed by atoms with Crippen molar-refractivity contribution in [2.24, 2.45) is 5.92 Å². The first kappa shape index (κ1) is 16.8. The summed E-state index contributed by atoms with van der Waals surface area (Å²) in [6, 6.07) is 11.0. The van der Waals surface area contributed by atoms with Gasteiger partial charge in [-0.15, -0.1) is 0 Å². The predicted molar refractivity (Wildman–Crippen MR) is 97.7 cm³/mol. The van der Waals surface area contributed by atoms with Gasteiger partial charge in [-0.1, -0.05) is 0 Å². The van der Waals surface area contributed by atoms with Gasteiger partial charge in [0.25, 0.3) is 5.91 Å². The van der Waals surface area contributed by atoms with Crippen LogP contribution in [0.25, 0.3) is 0 Å². The van der Waals surface area contributed by atoms with Crippen LogP contribution in [0.1, 0.15) is 23.2 Å². The van der Waals surface area contributed by atoms with Crippen LogP contribution in [-0.2, 0) is 0 Å². The number of carbonyl (C=O) groups excluding carboxylic acids is 1. The monoisotopic (exact) mass is 353 g/mol. The second kappa shape index (κ2) is 7.33. The first-order valence-corrected chi connectivity index (χ1v) is 9.01. The molecule has 0 spiro atoms. The summed E-state index contributed by atoms with van der Waals surface area (Å²) in [7, 11) is 1.57. The van der Waals surface area contributed by atoms with Crippen LogP contribution >= 0.6 is 0 Å². The second-order valence-electron chi connectivity index (χ2n) is 6.98. The molecule has 1 amide bonds. The lowest BCUT2D eigenvalue weighted by molar-refractivity contribution is 0.0909. The Labute approximate surface area is 153 Å². The Kier molecular flexibility index (Phi) is 4.75. The number of rotatable bonds is 5. The summed E-state index contributed by atoms with van der Waals surface area (Å²) in [5.74, 6) is 2.54. The van der Waals surface area contributed by atoms with Crippen LogP contribution in [0.5, 0.6) is 17.4 Å². The van der Waals surface area contributed by atoms with Crippen molar-refractivity contribution in [1.82, 2.24) is 15.2 Å². The van der Waals surface area contributed by atoms with Gasteiger partial charge >= 0.3 is 0 Å². The number of aromatic nitrogens is 1. The van der Waals surface area contributed by atoms with E-state index in [0.29, 0.717) is 22.9 Å². The van der Waals surface area contributed by atoms with Gasteiger partial charge in [-0.05, 0) is 55.6 Å². The minimum atomic E-state index is -0.0184. The molecule has 3 heterocycles. The number of amides is 1. The fourth-order valence-corrected chi connectivity index (χ4v) is 3.79. The van der Waals surface area contributed by atoms with E-state index in [9.17, 15) is 4.79 Å². The van der Waals surface area contributed by atoms with Crippen LogP contribution in [0, 0.1) is 5.92 Å². The highest BCUT2D eigenvalue weighted by atomic mass is 16.5. The van der Waals surface area contributed by atoms with Crippen molar-refractivity contribution < 1.29 is 14.3 Å². The summed E-state index contributed by atoms with van der Waals surface area (Å²) in [5.41, 5.74) is 0.651. The topological polar surface area (TPSA) is 63.7 Å². The van der Waals surface area contributed by atoms with Crippen molar-refractivity contribution in [1.29, 1.82) is 0 Å². The van der Waals surface area contributed by atoms with Gasteiger partial charge in [0.15, 0.2) is 0 Å². The number of nitrogens with zero attached hydrogens (tertiary/aromatic N) is 2. The number of nitrogens with one attached hydrogen (secondary N) is 1. The quantitative estimate of drug-likeness (QED) is 0.895. The molecule has 26 heavy (non-hydrogen) atoms. The molecular weight excluding hydrogens is 330 g/mol. The van der Waals surface area contributed by atoms with E-state index in [1.54, 1.807) is 49.7 Å². The van der Waals surface area contributed by atoms with E-state index < -0.39 is 0 Å². The number of methoxy groups -OCH3 is 1. The van der Waals surface area contributed by atoms with Gasteiger partial charge in [-0.3, -0.25) is 4.79 Å². The Morgan fingerprint density at radius 1 is 1.15 bits per heavy atom. The third-order valence-electron chi connectivity index (χ3n) is 5.07. The molecule has 2 aromatic rings. The molecule has 0 saturated carbocycles. The Bertz CT molecular complexity index is 749. The average molecular weight is 353 g/mol. The van der Waals surface area contributed by atoms with Crippen LogP contribution < -0.4 is 14.8 Å². The SMILES string of the molecule is COc1ccc(Oc2ccc(C(=O)NC3CC4CCN(C4)C3)cc2)cn1. The van der Waals surface area contributed by atoms with Crippen LogP contribution in [0.15, 0.2) is 42.6 Å². The van der Waals surface area contributed by atoms with Crippen LogP contribution in [0.3, 0.4) is 0 Å². The van der Waals surface area contributed by atoms with Crippen molar-refractivity contribution in [3.8, 4) is 17.4 Å². The highest BCUT2D eigenvalue weighted by molar-refractivity contribution is 5.94. The maximum Gasteiger partial charge on any atom is 0.251 e. The average Bonchev–Trinajstić information content (AvgIpc) is 3.01. The Morgan fingerprint density at radius 2 is 1.96 bits per heavy atom. The fourth-order valence-electron chi connectivity index (χ4n) is 3.79. The lowest BCUT2D eigenvalue weighted by Crippen LogP contribution is -2.46. The number of fused-ring (bicyclic) bond motifs is 2. The maximum atomic E-state index is 12.5. The summed E-state index contributed by atoms with van der Waals surface area (Å²) >= 11 is 0. The Morgan fingerprint density at radius 3 is 2.65 bits per heavy atom. The van der Waals surface area contributed by atoms with Crippen molar-refractivity contribution in [2.75, 3.05) is 26.7 Å². The van der Waals surface area contributed by atoms with Crippen LogP contribution in [-0.4, -0.2) is 48.6 Å². The van der Waals surface area contributed by atoms with Gasteiger partial charge < -0.3 is 19.7 Å². The van der Waals surface area contributed by atoms with Gasteiger partial charge in [0.05, 0.1) is 13.3 Å². The molecule has 1 N–H and O–H groups in total. The molecule has 6 nitrogen and oxygen atoms in total. The third kappa shape index (κ3) is 3.80. The molecule has 0 radical (unpaired) electrons. The van der Waals surface area contributed by atoms with Crippen molar-refractivity contribution >= 4 is 5.91 Å². The summed E-state index contributed by atoms with van der Waals surface area (Å²) in [6.07, 6.45) is 3.96. The molecule has 3 atom stereocenters. The molecule has 2 fully saturated rings. The lowest BCUT2D eigenvalue weighted by atomic mass is 9.96. The first-order chi connectivity index (χ1) is 12.7. The third-order valence-corrected chi connectivity index (χ3v) is 5.07. The zero-order valence-corrected chi connectivity index (χ0v) is 14.9. The summed E-state index contributed by atoms with van der Waals surface area (Å²) in [4.78, 5) is 19.0. The zero-order chi connectivity index (χ0) is 17.9. The molecule has 1 aromatic carbocycles. The molecule has 1 aromatic heterocycles. The van der Waals surface area contributed by atoms with Gasteiger partial charge in [-0.25, -0.2) is 4.98 Å². The number of hydrogen-bond donors (Lipinski definition) is 1. The van der Waals surface area contributed by atoms with E-state index in [2.05, 4.69) is 15.2 Å². The number of benzene rings is 1. The van der Waals surface area contributed by atoms with E-state index in [4.69, 9.17) is 9.47 Å².